The first-order valence-corrected chi connectivity index (χ1v) is 8.53. The first-order chi connectivity index (χ1) is 11.3. The van der Waals surface area contributed by atoms with E-state index in [9.17, 15) is 0 Å². The van der Waals surface area contributed by atoms with Gasteiger partial charge in [-0.05, 0) is 44.2 Å². The van der Waals surface area contributed by atoms with Gasteiger partial charge in [0.1, 0.15) is 5.82 Å². The van der Waals surface area contributed by atoms with Crippen molar-refractivity contribution < 1.29 is 0 Å². The summed E-state index contributed by atoms with van der Waals surface area (Å²) in [7, 11) is 0. The van der Waals surface area contributed by atoms with Gasteiger partial charge in [0.15, 0.2) is 0 Å². The smallest absolute Gasteiger partial charge is 0.227 e. The Morgan fingerprint density at radius 1 is 1.22 bits per heavy atom. The summed E-state index contributed by atoms with van der Waals surface area (Å²) >= 11 is 0. The summed E-state index contributed by atoms with van der Waals surface area (Å²) in [4.78, 5) is 15.9. The van der Waals surface area contributed by atoms with Gasteiger partial charge < -0.3 is 10.2 Å². The van der Waals surface area contributed by atoms with Crippen LogP contribution in [0.1, 0.15) is 49.9 Å². The zero-order chi connectivity index (χ0) is 16.1. The lowest BCUT2D eigenvalue weighted by Gasteiger charge is -2.27. The Labute approximate surface area is 138 Å². The molecule has 0 aliphatic carbocycles. The summed E-state index contributed by atoms with van der Waals surface area (Å²) < 4.78 is 0. The van der Waals surface area contributed by atoms with E-state index >= 15 is 0 Å². The van der Waals surface area contributed by atoms with E-state index in [1.165, 1.54) is 24.8 Å². The highest BCUT2D eigenvalue weighted by molar-refractivity contribution is 5.45. The summed E-state index contributed by atoms with van der Waals surface area (Å²) in [6.07, 6.45) is 8.47. The van der Waals surface area contributed by atoms with Crippen molar-refractivity contribution >= 4 is 11.8 Å². The van der Waals surface area contributed by atoms with Crippen LogP contribution in [0.15, 0.2) is 30.6 Å². The topological polar surface area (TPSA) is 53.9 Å². The molecule has 0 aromatic carbocycles. The molecule has 1 N–H and O–H groups in total. The summed E-state index contributed by atoms with van der Waals surface area (Å²) in [6, 6.07) is 6.32. The van der Waals surface area contributed by atoms with Crippen molar-refractivity contribution in [3.8, 4) is 0 Å². The van der Waals surface area contributed by atoms with E-state index in [4.69, 9.17) is 4.98 Å². The van der Waals surface area contributed by atoms with E-state index in [-0.39, 0.29) is 6.04 Å². The maximum atomic E-state index is 4.75. The fourth-order valence-electron chi connectivity index (χ4n) is 3.04. The minimum Gasteiger partial charge on any atom is -0.363 e. The molecular weight excluding hydrogens is 286 g/mol. The van der Waals surface area contributed by atoms with Crippen LogP contribution < -0.4 is 10.2 Å². The summed E-state index contributed by atoms with van der Waals surface area (Å²) in [5.41, 5.74) is 2.19. The molecule has 0 spiro atoms. The standard InChI is InChI=1S/C18H25N5/c1-3-16(15-8-7-9-19-13-15)21-17-12-14(2)20-18(22-17)23-10-5-4-6-11-23/h7-9,12-13,16H,3-6,10-11H2,1-2H3,(H,20,21,22). The van der Waals surface area contributed by atoms with Crippen molar-refractivity contribution in [1.29, 1.82) is 0 Å². The van der Waals surface area contributed by atoms with Crippen LogP contribution in [-0.2, 0) is 0 Å². The minimum atomic E-state index is 0.215. The molecule has 3 heterocycles. The highest BCUT2D eigenvalue weighted by Gasteiger charge is 2.16. The van der Waals surface area contributed by atoms with Gasteiger partial charge in [-0.2, -0.15) is 4.98 Å². The van der Waals surface area contributed by atoms with E-state index in [1.54, 1.807) is 6.20 Å². The highest BCUT2D eigenvalue weighted by Crippen LogP contribution is 2.23. The van der Waals surface area contributed by atoms with Gasteiger partial charge in [0, 0.05) is 37.2 Å². The van der Waals surface area contributed by atoms with Crippen molar-refractivity contribution in [2.75, 3.05) is 23.3 Å². The van der Waals surface area contributed by atoms with Crippen molar-refractivity contribution in [1.82, 2.24) is 15.0 Å². The van der Waals surface area contributed by atoms with Gasteiger partial charge in [-0.25, -0.2) is 4.98 Å². The summed E-state index contributed by atoms with van der Waals surface area (Å²) in [5, 5.41) is 3.55. The predicted molar refractivity (Wildman–Crippen MR) is 93.7 cm³/mol. The molecule has 1 aliphatic rings. The van der Waals surface area contributed by atoms with Crippen molar-refractivity contribution in [3.05, 3.63) is 41.9 Å². The number of nitrogens with zero attached hydrogens (tertiary/aromatic N) is 4. The number of aromatic nitrogens is 3. The molecule has 0 bridgehead atoms. The van der Waals surface area contributed by atoms with E-state index in [0.717, 1.165) is 37.0 Å². The second-order valence-corrected chi connectivity index (χ2v) is 6.13. The molecule has 1 unspecified atom stereocenters. The molecule has 2 aromatic rings. The quantitative estimate of drug-likeness (QED) is 0.911. The fraction of sp³-hybridized carbons (Fsp3) is 0.500. The molecule has 23 heavy (non-hydrogen) atoms. The van der Waals surface area contributed by atoms with Crippen LogP contribution in [-0.4, -0.2) is 28.0 Å². The first kappa shape index (κ1) is 15.7. The molecule has 1 saturated heterocycles. The zero-order valence-corrected chi connectivity index (χ0v) is 14.0. The fourth-order valence-corrected chi connectivity index (χ4v) is 3.04. The number of pyridine rings is 1. The van der Waals surface area contributed by atoms with Crippen LogP contribution in [0, 0.1) is 6.92 Å². The van der Waals surface area contributed by atoms with Crippen LogP contribution in [0.3, 0.4) is 0 Å². The molecule has 1 fully saturated rings. The van der Waals surface area contributed by atoms with Crippen LogP contribution in [0.5, 0.6) is 0 Å². The van der Waals surface area contributed by atoms with Gasteiger partial charge in [0.05, 0.1) is 6.04 Å². The van der Waals surface area contributed by atoms with Crippen molar-refractivity contribution in [2.24, 2.45) is 0 Å². The number of hydrogen-bond donors (Lipinski definition) is 1. The van der Waals surface area contributed by atoms with Gasteiger partial charge in [-0.3, -0.25) is 4.98 Å². The Hall–Kier alpha value is -2.17. The van der Waals surface area contributed by atoms with Gasteiger partial charge in [0.25, 0.3) is 0 Å². The lowest BCUT2D eigenvalue weighted by molar-refractivity contribution is 0.567. The molecule has 1 atom stereocenters. The molecule has 2 aromatic heterocycles. The number of aryl methyl sites for hydroxylation is 1. The van der Waals surface area contributed by atoms with Gasteiger partial charge in [0.2, 0.25) is 5.95 Å². The zero-order valence-electron chi connectivity index (χ0n) is 14.0. The van der Waals surface area contributed by atoms with E-state index in [2.05, 4.69) is 33.2 Å². The van der Waals surface area contributed by atoms with Crippen LogP contribution in [0.2, 0.25) is 0 Å². The monoisotopic (exact) mass is 311 g/mol. The third-order valence-electron chi connectivity index (χ3n) is 4.30. The Balaban J connectivity index is 1.80. The Bertz CT molecular complexity index is 623. The predicted octanol–water partition coefficient (Wildman–Crippen LogP) is 3.73. The summed E-state index contributed by atoms with van der Waals surface area (Å²) in [5.74, 6) is 1.75. The second kappa shape index (κ2) is 7.40. The average Bonchev–Trinajstić information content (AvgIpc) is 2.61. The van der Waals surface area contributed by atoms with Crippen molar-refractivity contribution in [2.45, 2.75) is 45.6 Å². The maximum Gasteiger partial charge on any atom is 0.227 e. The molecule has 5 nitrogen and oxygen atoms in total. The van der Waals surface area contributed by atoms with Crippen molar-refractivity contribution in [3.63, 3.8) is 0 Å². The third-order valence-corrected chi connectivity index (χ3v) is 4.30. The number of nitrogens with one attached hydrogen (secondary N) is 1. The Morgan fingerprint density at radius 3 is 2.74 bits per heavy atom. The maximum absolute atomic E-state index is 4.75. The third kappa shape index (κ3) is 3.97. The van der Waals surface area contributed by atoms with Crippen LogP contribution >= 0.6 is 0 Å². The van der Waals surface area contributed by atoms with E-state index in [1.807, 2.05) is 25.3 Å². The lowest BCUT2D eigenvalue weighted by Crippen LogP contribution is -2.31. The Morgan fingerprint density at radius 2 is 2.04 bits per heavy atom. The molecule has 3 rings (SSSR count). The number of hydrogen-bond acceptors (Lipinski definition) is 5. The number of rotatable bonds is 5. The molecule has 0 amide bonds. The number of anilines is 2. The summed E-state index contributed by atoms with van der Waals surface area (Å²) in [6.45, 7) is 6.32. The molecule has 0 radical (unpaired) electrons. The molecule has 5 heteroatoms. The number of piperidine rings is 1. The normalized spacial score (nSPS) is 16.2. The molecule has 122 valence electrons. The van der Waals surface area contributed by atoms with Gasteiger partial charge in [-0.1, -0.05) is 13.0 Å². The highest BCUT2D eigenvalue weighted by atomic mass is 15.3. The average molecular weight is 311 g/mol. The van der Waals surface area contributed by atoms with E-state index < -0.39 is 0 Å². The van der Waals surface area contributed by atoms with Crippen LogP contribution in [0.25, 0.3) is 0 Å². The lowest BCUT2D eigenvalue weighted by atomic mass is 10.1. The molecule has 0 saturated carbocycles. The van der Waals surface area contributed by atoms with E-state index in [0.29, 0.717) is 0 Å². The molecular formula is C18H25N5. The minimum absolute atomic E-state index is 0.215. The first-order valence-electron chi connectivity index (χ1n) is 8.53. The van der Waals surface area contributed by atoms with Gasteiger partial charge in [-0.15, -0.1) is 0 Å². The Kier molecular flexibility index (Phi) is 5.05. The largest absolute Gasteiger partial charge is 0.363 e. The SMILES string of the molecule is CCC(Nc1cc(C)nc(N2CCCCC2)n1)c1cccnc1. The van der Waals surface area contributed by atoms with Crippen LogP contribution in [0.4, 0.5) is 11.8 Å². The molecule has 1 aliphatic heterocycles. The second-order valence-electron chi connectivity index (χ2n) is 6.13. The van der Waals surface area contributed by atoms with Gasteiger partial charge >= 0.3 is 0 Å².